The molecule has 1 saturated carbocycles. The summed E-state index contributed by atoms with van der Waals surface area (Å²) in [4.78, 5) is 48.4. The van der Waals surface area contributed by atoms with Gasteiger partial charge in [0.05, 0.1) is 24.9 Å². The number of rotatable bonds is 5. The summed E-state index contributed by atoms with van der Waals surface area (Å²) >= 11 is 0. The average molecular weight is 470 g/mol. The van der Waals surface area contributed by atoms with E-state index in [4.69, 9.17) is 29.8 Å². The summed E-state index contributed by atoms with van der Waals surface area (Å²) in [6.45, 7) is 6.95. The normalized spacial score (nSPS) is 47.7. The number of hydrogen-bond donors (Lipinski definition) is 0. The molecule has 0 N–H and O–H groups in total. The summed E-state index contributed by atoms with van der Waals surface area (Å²) in [5.74, 6) is -3.06. The molecule has 2 aliphatic carbocycles. The van der Waals surface area contributed by atoms with Crippen molar-refractivity contribution in [1.29, 1.82) is 0 Å². The highest BCUT2D eigenvalue weighted by Crippen LogP contribution is 2.72. The van der Waals surface area contributed by atoms with E-state index >= 15 is 0 Å². The van der Waals surface area contributed by atoms with Crippen LogP contribution in [0.15, 0.2) is 11.6 Å². The first-order valence-electron chi connectivity index (χ1n) is 12.2. The molecule has 0 unspecified atom stereocenters. The third kappa shape index (κ3) is 3.37. The number of esters is 4. The van der Waals surface area contributed by atoms with Gasteiger partial charge in [-0.25, -0.2) is 0 Å². The van der Waals surface area contributed by atoms with Gasteiger partial charge < -0.3 is 28.4 Å². The standard InChI is InChI=1S/C23H30O10/c1-11-7-17-22(9-28-12(2)24,8-16(11)30-13(3)25)21(6)19(32-15(5)27)18(31-14(4)26)20(33-17)23(21)10-29-23/h7,16-20H,8-10H2,1-6H3/t16-,17+,18+,19+,20+,21+,22+,23-/m0/s1/i8D2,16D. The predicted octanol–water partition coefficient (Wildman–Crippen LogP) is 1.24. The van der Waals surface area contributed by atoms with Crippen LogP contribution in [-0.4, -0.2) is 73.2 Å². The van der Waals surface area contributed by atoms with E-state index in [1.54, 1.807) is 6.92 Å². The summed E-state index contributed by atoms with van der Waals surface area (Å²) in [6, 6.07) is 0. The van der Waals surface area contributed by atoms with E-state index < -0.39 is 83.8 Å². The molecule has 2 heterocycles. The van der Waals surface area contributed by atoms with Gasteiger partial charge in [-0.3, -0.25) is 19.2 Å². The highest BCUT2D eigenvalue weighted by atomic mass is 16.7. The molecule has 0 amide bonds. The molecule has 8 atom stereocenters. The predicted molar refractivity (Wildman–Crippen MR) is 110 cm³/mol. The first-order chi connectivity index (χ1) is 16.5. The van der Waals surface area contributed by atoms with Crippen LogP contribution in [0.2, 0.25) is 0 Å². The maximum Gasteiger partial charge on any atom is 0.303 e. The van der Waals surface area contributed by atoms with Crippen LogP contribution in [0.4, 0.5) is 0 Å². The molecule has 33 heavy (non-hydrogen) atoms. The van der Waals surface area contributed by atoms with Gasteiger partial charge >= 0.3 is 23.9 Å². The van der Waals surface area contributed by atoms with Crippen molar-refractivity contribution in [3.63, 3.8) is 0 Å². The quantitative estimate of drug-likeness (QED) is 0.251. The Morgan fingerprint density at radius 3 is 2.21 bits per heavy atom. The van der Waals surface area contributed by atoms with Crippen molar-refractivity contribution in [2.24, 2.45) is 10.8 Å². The number of carbonyl (C=O) groups is 4. The van der Waals surface area contributed by atoms with Crippen LogP contribution in [0.1, 0.15) is 52.0 Å². The largest absolute Gasteiger partial charge is 0.465 e. The van der Waals surface area contributed by atoms with Gasteiger partial charge in [-0.05, 0) is 12.5 Å². The Morgan fingerprint density at radius 2 is 1.70 bits per heavy atom. The van der Waals surface area contributed by atoms with Crippen molar-refractivity contribution in [2.75, 3.05) is 13.2 Å². The van der Waals surface area contributed by atoms with Crippen molar-refractivity contribution in [1.82, 2.24) is 0 Å². The fraction of sp³-hybridized carbons (Fsp3) is 0.739. The van der Waals surface area contributed by atoms with Gasteiger partial charge in [0.1, 0.15) is 24.4 Å². The van der Waals surface area contributed by atoms with E-state index in [1.807, 2.05) is 0 Å². The Balaban J connectivity index is 2.05. The molecule has 2 bridgehead atoms. The lowest BCUT2D eigenvalue weighted by atomic mass is 9.51. The van der Waals surface area contributed by atoms with E-state index in [0.717, 1.165) is 20.8 Å². The van der Waals surface area contributed by atoms with Gasteiger partial charge in [0.15, 0.2) is 12.2 Å². The fourth-order valence-electron chi connectivity index (χ4n) is 5.62. The Bertz CT molecular complexity index is 1050. The molecule has 3 fully saturated rings. The molecule has 4 rings (SSSR count). The number of carbonyl (C=O) groups excluding carboxylic acids is 4. The third-order valence-corrected chi connectivity index (χ3v) is 7.11. The summed E-state index contributed by atoms with van der Waals surface area (Å²) in [5, 5.41) is 0. The van der Waals surface area contributed by atoms with Crippen molar-refractivity contribution < 1.29 is 51.7 Å². The lowest BCUT2D eigenvalue weighted by Gasteiger charge is -2.58. The highest BCUT2D eigenvalue weighted by Gasteiger charge is 2.87. The molecule has 10 nitrogen and oxygen atoms in total. The molecule has 2 saturated heterocycles. The first-order valence-corrected chi connectivity index (χ1v) is 10.7. The van der Waals surface area contributed by atoms with Gasteiger partial charge in [0.25, 0.3) is 0 Å². The smallest absolute Gasteiger partial charge is 0.303 e. The van der Waals surface area contributed by atoms with E-state index in [1.165, 1.54) is 19.9 Å². The zero-order valence-electron chi connectivity index (χ0n) is 22.4. The van der Waals surface area contributed by atoms with Crippen molar-refractivity contribution in [3.8, 4) is 0 Å². The number of fused-ring (bicyclic) bond motifs is 2. The minimum absolute atomic E-state index is 0.0373. The van der Waals surface area contributed by atoms with Gasteiger partial charge in [-0.2, -0.15) is 0 Å². The van der Waals surface area contributed by atoms with Crippen LogP contribution < -0.4 is 0 Å². The second kappa shape index (κ2) is 7.80. The lowest BCUT2D eigenvalue weighted by molar-refractivity contribution is -0.241. The van der Waals surface area contributed by atoms with Crippen molar-refractivity contribution in [2.45, 2.75) is 84.0 Å². The zero-order chi connectivity index (χ0) is 27.1. The molecule has 0 aromatic rings. The van der Waals surface area contributed by atoms with Gasteiger partial charge in [-0.1, -0.05) is 13.0 Å². The third-order valence-electron chi connectivity index (χ3n) is 7.11. The van der Waals surface area contributed by atoms with Crippen molar-refractivity contribution >= 4 is 23.9 Å². The molecular weight excluding hydrogens is 436 g/mol. The minimum atomic E-state index is -2.80. The average Bonchev–Trinajstić information content (AvgIpc) is 3.51. The van der Waals surface area contributed by atoms with Crippen LogP contribution in [0.5, 0.6) is 0 Å². The molecular formula is C23H30O10. The molecule has 0 aromatic heterocycles. The fourth-order valence-corrected chi connectivity index (χ4v) is 5.62. The Kier molecular flexibility index (Phi) is 4.72. The molecule has 2 aliphatic heterocycles. The topological polar surface area (TPSA) is 127 Å². The van der Waals surface area contributed by atoms with E-state index in [0.29, 0.717) is 0 Å². The lowest BCUT2D eigenvalue weighted by Crippen LogP contribution is -2.68. The van der Waals surface area contributed by atoms with Crippen LogP contribution in [-0.2, 0) is 47.6 Å². The number of epoxide rings is 1. The Hall–Kier alpha value is -2.46. The monoisotopic (exact) mass is 469 g/mol. The molecule has 0 radical (unpaired) electrons. The van der Waals surface area contributed by atoms with Crippen LogP contribution in [0, 0.1) is 10.8 Å². The summed E-state index contributed by atoms with van der Waals surface area (Å²) in [6.07, 6.45) is -8.53. The Morgan fingerprint density at radius 1 is 1.09 bits per heavy atom. The molecule has 1 spiro atoms. The maximum atomic E-state index is 12.3. The minimum Gasteiger partial charge on any atom is -0.465 e. The van der Waals surface area contributed by atoms with Gasteiger partial charge in [0.2, 0.25) is 0 Å². The van der Waals surface area contributed by atoms with E-state index in [9.17, 15) is 21.9 Å². The Labute approximate surface area is 196 Å². The van der Waals surface area contributed by atoms with E-state index in [2.05, 4.69) is 0 Å². The second-order valence-electron chi connectivity index (χ2n) is 9.11. The molecule has 0 aromatic carbocycles. The van der Waals surface area contributed by atoms with E-state index in [-0.39, 0.29) is 12.2 Å². The summed E-state index contributed by atoms with van der Waals surface area (Å²) in [5.41, 5.74) is -4.84. The van der Waals surface area contributed by atoms with Gasteiger partial charge in [0, 0.05) is 36.8 Å². The molecule has 10 heteroatoms. The molecule has 4 aliphatic rings. The number of hydrogen-bond acceptors (Lipinski definition) is 10. The van der Waals surface area contributed by atoms with Crippen LogP contribution in [0.25, 0.3) is 0 Å². The van der Waals surface area contributed by atoms with Crippen LogP contribution in [0.3, 0.4) is 0 Å². The zero-order valence-corrected chi connectivity index (χ0v) is 19.4. The highest BCUT2D eigenvalue weighted by molar-refractivity contribution is 5.69. The maximum absolute atomic E-state index is 12.3. The SMILES string of the molecule is [2H]C1([2H])[C@]([2H])(OC(C)=O)C(C)=C[C@H]2O[C@@H]3[C@H](OC(C)=O)[C@@H](OC(C)=O)[C@@](C)([C@]34CO4)[C@]21COC(C)=O. The second-order valence-corrected chi connectivity index (χ2v) is 9.11. The molecule has 182 valence electrons. The van der Waals surface area contributed by atoms with Crippen molar-refractivity contribution in [3.05, 3.63) is 11.6 Å². The number of ether oxygens (including phenoxy) is 6. The summed E-state index contributed by atoms with van der Waals surface area (Å²) in [7, 11) is 0. The summed E-state index contributed by atoms with van der Waals surface area (Å²) < 4.78 is 62.0. The first kappa shape index (κ1) is 20.0. The van der Waals surface area contributed by atoms with Gasteiger partial charge in [-0.15, -0.1) is 0 Å². The van der Waals surface area contributed by atoms with Crippen LogP contribution >= 0.6 is 0 Å².